The maximum absolute atomic E-state index is 9.00. The van der Waals surface area contributed by atoms with Crippen molar-refractivity contribution in [2.24, 2.45) is 11.5 Å². The number of aryl methyl sites for hydroxylation is 2. The number of benzene rings is 1. The summed E-state index contributed by atoms with van der Waals surface area (Å²) in [5.74, 6) is 1.02. The number of methoxy groups -OCH3 is 1. The number of rotatable bonds is 4. The largest absolute Gasteiger partial charge is 0.496 e. The van der Waals surface area contributed by atoms with Crippen molar-refractivity contribution in [3.8, 4) is 5.75 Å². The number of ether oxygens (including phenoxy) is 1. The van der Waals surface area contributed by atoms with Gasteiger partial charge in [0.15, 0.2) is 0 Å². The van der Waals surface area contributed by atoms with Crippen LogP contribution >= 0.6 is 11.8 Å². The monoisotopic (exact) mass is 338 g/mol. The van der Waals surface area contributed by atoms with Gasteiger partial charge < -0.3 is 21.3 Å². The smallest absolute Gasteiger partial charge is 0.300 e. The highest BCUT2D eigenvalue weighted by atomic mass is 32.2. The standard InChI is InChI=1S/C15H22N2OS.C2H4O2/c1-10-8-13-11(6-7-19-15(16)17)4-3-5-12(13)9-14(10)18-2;1-2(3)4/h6,8-9,15H,3-5,7,16-17H2,1-2H3;1H3,(H,3,4)/b11-6+;. The van der Waals surface area contributed by atoms with E-state index in [1.807, 2.05) is 0 Å². The van der Waals surface area contributed by atoms with Crippen molar-refractivity contribution in [1.82, 2.24) is 0 Å². The molecule has 5 nitrogen and oxygen atoms in total. The number of aliphatic carboxylic acids is 1. The lowest BCUT2D eigenvalue weighted by molar-refractivity contribution is -0.134. The number of fused-ring (bicyclic) bond motifs is 1. The fraction of sp³-hybridized carbons (Fsp3) is 0.471. The van der Waals surface area contributed by atoms with E-state index in [0.29, 0.717) is 0 Å². The molecule has 0 atom stereocenters. The minimum absolute atomic E-state index is 0.294. The summed E-state index contributed by atoms with van der Waals surface area (Å²) < 4.78 is 5.40. The van der Waals surface area contributed by atoms with Crippen LogP contribution in [0, 0.1) is 6.92 Å². The molecule has 6 heteroatoms. The Hall–Kier alpha value is -1.50. The number of carboxylic acid groups (broad SMARTS) is 1. The molecular weight excluding hydrogens is 312 g/mol. The van der Waals surface area contributed by atoms with Gasteiger partial charge in [-0.25, -0.2) is 0 Å². The quantitative estimate of drug-likeness (QED) is 0.730. The van der Waals surface area contributed by atoms with Crippen LogP contribution in [0.4, 0.5) is 0 Å². The minimum atomic E-state index is -0.833. The number of nitrogens with two attached hydrogens (primary N) is 2. The van der Waals surface area contributed by atoms with Crippen LogP contribution in [0.5, 0.6) is 5.75 Å². The van der Waals surface area contributed by atoms with Gasteiger partial charge in [0.1, 0.15) is 11.2 Å². The van der Waals surface area contributed by atoms with Gasteiger partial charge in [-0.15, -0.1) is 11.8 Å². The van der Waals surface area contributed by atoms with Gasteiger partial charge in [-0.3, -0.25) is 4.79 Å². The van der Waals surface area contributed by atoms with E-state index >= 15 is 0 Å². The SMILES string of the molecule is CC(=O)O.COc1cc2c(cc1C)/C(=C/CSC(N)N)CCC2. The van der Waals surface area contributed by atoms with Gasteiger partial charge in [0.2, 0.25) is 0 Å². The van der Waals surface area contributed by atoms with Gasteiger partial charge in [0, 0.05) is 12.7 Å². The number of hydrogen-bond donors (Lipinski definition) is 3. The molecule has 0 saturated carbocycles. The zero-order chi connectivity index (χ0) is 17.4. The highest BCUT2D eigenvalue weighted by Crippen LogP contribution is 2.35. The molecule has 0 amide bonds. The van der Waals surface area contributed by atoms with E-state index in [1.165, 1.54) is 28.7 Å². The van der Waals surface area contributed by atoms with Crippen molar-refractivity contribution in [3.63, 3.8) is 0 Å². The molecule has 0 bridgehead atoms. The van der Waals surface area contributed by atoms with E-state index in [4.69, 9.17) is 26.1 Å². The fourth-order valence-corrected chi connectivity index (χ4v) is 3.05. The number of hydrogen-bond acceptors (Lipinski definition) is 5. The summed E-state index contributed by atoms with van der Waals surface area (Å²) in [6, 6.07) is 4.42. The lowest BCUT2D eigenvalue weighted by atomic mass is 9.86. The second-order valence-corrected chi connectivity index (χ2v) is 6.59. The summed E-state index contributed by atoms with van der Waals surface area (Å²) in [7, 11) is 1.73. The summed E-state index contributed by atoms with van der Waals surface area (Å²) in [5.41, 5.74) is 16.2. The van der Waals surface area contributed by atoms with Crippen molar-refractivity contribution in [2.75, 3.05) is 12.9 Å². The molecule has 1 aliphatic rings. The van der Waals surface area contributed by atoms with Gasteiger partial charge in [-0.05, 0) is 60.6 Å². The highest BCUT2D eigenvalue weighted by Gasteiger charge is 2.16. The molecule has 0 aromatic heterocycles. The van der Waals surface area contributed by atoms with E-state index in [9.17, 15) is 0 Å². The topological polar surface area (TPSA) is 98.6 Å². The minimum Gasteiger partial charge on any atom is -0.496 e. The average molecular weight is 338 g/mol. The Morgan fingerprint density at radius 2 is 2.09 bits per heavy atom. The number of carboxylic acids is 1. The first kappa shape index (κ1) is 19.5. The van der Waals surface area contributed by atoms with Crippen LogP contribution in [0.2, 0.25) is 0 Å². The van der Waals surface area contributed by atoms with E-state index < -0.39 is 5.97 Å². The molecule has 128 valence electrons. The Balaban J connectivity index is 0.000000593. The second kappa shape index (κ2) is 9.60. The number of allylic oxidation sites excluding steroid dienone is 1. The summed E-state index contributed by atoms with van der Waals surface area (Å²) in [6.45, 7) is 3.18. The predicted molar refractivity (Wildman–Crippen MR) is 96.6 cm³/mol. The molecule has 0 unspecified atom stereocenters. The molecule has 0 radical (unpaired) electrons. The molecule has 23 heavy (non-hydrogen) atoms. The van der Waals surface area contributed by atoms with Gasteiger partial charge in [0.25, 0.3) is 5.97 Å². The summed E-state index contributed by atoms with van der Waals surface area (Å²) in [6.07, 6.45) is 5.73. The van der Waals surface area contributed by atoms with Crippen molar-refractivity contribution in [3.05, 3.63) is 34.9 Å². The maximum Gasteiger partial charge on any atom is 0.300 e. The Labute approximate surface area is 142 Å². The zero-order valence-corrected chi connectivity index (χ0v) is 14.8. The van der Waals surface area contributed by atoms with Gasteiger partial charge in [0.05, 0.1) is 7.11 Å². The Kier molecular flexibility index (Phi) is 8.16. The molecule has 1 aliphatic carbocycles. The van der Waals surface area contributed by atoms with Crippen LogP contribution in [0.1, 0.15) is 36.5 Å². The van der Waals surface area contributed by atoms with Gasteiger partial charge in [-0.1, -0.05) is 6.08 Å². The van der Waals surface area contributed by atoms with Gasteiger partial charge in [-0.2, -0.15) is 0 Å². The Morgan fingerprint density at radius 1 is 1.43 bits per heavy atom. The highest BCUT2D eigenvalue weighted by molar-refractivity contribution is 7.99. The summed E-state index contributed by atoms with van der Waals surface area (Å²) >= 11 is 1.57. The van der Waals surface area contributed by atoms with Crippen molar-refractivity contribution < 1.29 is 14.6 Å². The fourth-order valence-electron chi connectivity index (χ4n) is 2.53. The third kappa shape index (κ3) is 6.64. The second-order valence-electron chi connectivity index (χ2n) is 5.38. The molecular formula is C17H26N2O3S. The molecule has 0 aliphatic heterocycles. The Morgan fingerprint density at radius 3 is 2.65 bits per heavy atom. The summed E-state index contributed by atoms with van der Waals surface area (Å²) in [4.78, 5) is 9.00. The molecule has 1 aromatic carbocycles. The van der Waals surface area contributed by atoms with E-state index in [-0.39, 0.29) is 5.50 Å². The summed E-state index contributed by atoms with van der Waals surface area (Å²) in [5, 5.41) is 7.42. The normalized spacial score (nSPS) is 15.0. The van der Waals surface area contributed by atoms with Crippen molar-refractivity contribution in [2.45, 2.75) is 38.6 Å². The molecule has 5 N–H and O–H groups in total. The van der Waals surface area contributed by atoms with E-state index in [2.05, 4.69) is 25.1 Å². The number of carbonyl (C=O) groups is 1. The van der Waals surface area contributed by atoms with E-state index in [0.717, 1.165) is 31.3 Å². The first-order valence-electron chi connectivity index (χ1n) is 7.54. The average Bonchev–Trinajstić information content (AvgIpc) is 2.46. The van der Waals surface area contributed by atoms with Crippen LogP contribution in [-0.4, -0.2) is 29.4 Å². The van der Waals surface area contributed by atoms with Crippen LogP contribution in [0.25, 0.3) is 5.57 Å². The van der Waals surface area contributed by atoms with Crippen LogP contribution < -0.4 is 16.2 Å². The van der Waals surface area contributed by atoms with Crippen molar-refractivity contribution >= 4 is 23.3 Å². The lowest BCUT2D eigenvalue weighted by Gasteiger charge is -2.21. The van der Waals surface area contributed by atoms with Crippen LogP contribution in [-0.2, 0) is 11.2 Å². The van der Waals surface area contributed by atoms with Crippen LogP contribution in [0.15, 0.2) is 18.2 Å². The molecule has 0 saturated heterocycles. The Bertz CT molecular complexity index is 567. The first-order valence-corrected chi connectivity index (χ1v) is 8.59. The third-order valence-corrected chi connectivity index (χ3v) is 4.22. The molecule has 0 fully saturated rings. The molecule has 0 spiro atoms. The predicted octanol–water partition coefficient (Wildman–Crippen LogP) is 2.75. The first-order chi connectivity index (χ1) is 10.8. The molecule has 0 heterocycles. The van der Waals surface area contributed by atoms with E-state index in [1.54, 1.807) is 18.9 Å². The number of thioether (sulfide) groups is 1. The zero-order valence-electron chi connectivity index (χ0n) is 14.0. The van der Waals surface area contributed by atoms with Crippen LogP contribution in [0.3, 0.4) is 0 Å². The van der Waals surface area contributed by atoms with Gasteiger partial charge >= 0.3 is 0 Å². The lowest BCUT2D eigenvalue weighted by Crippen LogP contribution is -2.26. The third-order valence-electron chi connectivity index (χ3n) is 3.48. The maximum atomic E-state index is 9.00. The molecule has 2 rings (SSSR count). The molecule has 1 aromatic rings. The van der Waals surface area contributed by atoms with Crippen molar-refractivity contribution in [1.29, 1.82) is 0 Å².